The molecule has 0 bridgehead atoms. The lowest BCUT2D eigenvalue weighted by Gasteiger charge is -2.07. The van der Waals surface area contributed by atoms with Gasteiger partial charge in [0.15, 0.2) is 17.3 Å². The molecule has 4 rings (SSSR count). The highest BCUT2D eigenvalue weighted by atomic mass is 32.1. The molecule has 2 aromatic heterocycles. The molecular weight excluding hydrogens is 372 g/mol. The first kappa shape index (κ1) is 17.8. The van der Waals surface area contributed by atoms with E-state index in [1.54, 1.807) is 26.4 Å². The summed E-state index contributed by atoms with van der Waals surface area (Å²) in [5.74, 6) is 1.93. The molecule has 28 heavy (non-hydrogen) atoms. The number of methoxy groups -OCH3 is 2. The SMILES string of the molecule is COc1ccc(C=C(C#N)c2nc(-c3cc4ccccc4o3)cs2)cc1OC. The Hall–Kier alpha value is -3.56. The summed E-state index contributed by atoms with van der Waals surface area (Å²) in [6, 6.07) is 17.5. The van der Waals surface area contributed by atoms with Crippen LogP contribution in [0.25, 0.3) is 34.1 Å². The van der Waals surface area contributed by atoms with E-state index in [2.05, 4.69) is 11.1 Å². The third kappa shape index (κ3) is 3.36. The highest BCUT2D eigenvalue weighted by Crippen LogP contribution is 2.32. The minimum atomic E-state index is 0.472. The Morgan fingerprint density at radius 3 is 2.68 bits per heavy atom. The van der Waals surface area contributed by atoms with Crippen LogP contribution in [-0.2, 0) is 0 Å². The molecule has 0 aliphatic rings. The minimum Gasteiger partial charge on any atom is -0.493 e. The van der Waals surface area contributed by atoms with Crippen LogP contribution < -0.4 is 9.47 Å². The molecule has 0 spiro atoms. The van der Waals surface area contributed by atoms with Gasteiger partial charge in [0.05, 0.1) is 19.8 Å². The molecule has 0 N–H and O–H groups in total. The van der Waals surface area contributed by atoms with Gasteiger partial charge < -0.3 is 13.9 Å². The molecule has 4 aromatic rings. The van der Waals surface area contributed by atoms with Gasteiger partial charge in [0, 0.05) is 10.8 Å². The normalized spacial score (nSPS) is 11.4. The second kappa shape index (κ2) is 7.59. The minimum absolute atomic E-state index is 0.472. The average molecular weight is 388 g/mol. The summed E-state index contributed by atoms with van der Waals surface area (Å²) in [5.41, 5.74) is 2.83. The van der Waals surface area contributed by atoms with Gasteiger partial charge in [-0.25, -0.2) is 4.98 Å². The maximum atomic E-state index is 9.63. The number of hydrogen-bond acceptors (Lipinski definition) is 6. The zero-order chi connectivity index (χ0) is 19.5. The number of thiazole rings is 1. The topological polar surface area (TPSA) is 68.3 Å². The van der Waals surface area contributed by atoms with Crippen molar-refractivity contribution in [2.24, 2.45) is 0 Å². The van der Waals surface area contributed by atoms with Crippen LogP contribution in [0.5, 0.6) is 11.5 Å². The van der Waals surface area contributed by atoms with Gasteiger partial charge in [-0.05, 0) is 35.9 Å². The lowest BCUT2D eigenvalue weighted by Crippen LogP contribution is -1.90. The summed E-state index contributed by atoms with van der Waals surface area (Å²) >= 11 is 1.41. The first-order valence-corrected chi connectivity index (χ1v) is 9.38. The molecule has 0 fully saturated rings. The molecule has 2 aromatic carbocycles. The van der Waals surface area contributed by atoms with Gasteiger partial charge >= 0.3 is 0 Å². The van der Waals surface area contributed by atoms with Crippen molar-refractivity contribution in [2.75, 3.05) is 14.2 Å². The molecule has 6 heteroatoms. The van der Waals surface area contributed by atoms with E-state index in [1.165, 1.54) is 11.3 Å². The van der Waals surface area contributed by atoms with Crippen LogP contribution >= 0.6 is 11.3 Å². The lowest BCUT2D eigenvalue weighted by atomic mass is 10.1. The molecule has 5 nitrogen and oxygen atoms in total. The Kier molecular flexibility index (Phi) is 4.83. The Morgan fingerprint density at radius 1 is 1.11 bits per heavy atom. The molecule has 138 valence electrons. The standard InChI is InChI=1S/C22H16N2O3S/c1-25-19-8-7-14(10-21(19)26-2)9-16(12-23)22-24-17(13-28-22)20-11-15-5-3-4-6-18(15)27-20/h3-11,13H,1-2H3. The van der Waals surface area contributed by atoms with Gasteiger partial charge in [-0.15, -0.1) is 11.3 Å². The molecule has 0 unspecified atom stereocenters. The number of furan rings is 1. The van der Waals surface area contributed by atoms with Crippen molar-refractivity contribution in [1.29, 1.82) is 5.26 Å². The van der Waals surface area contributed by atoms with E-state index >= 15 is 0 Å². The van der Waals surface area contributed by atoms with Crippen molar-refractivity contribution in [2.45, 2.75) is 0 Å². The molecule has 0 saturated heterocycles. The van der Waals surface area contributed by atoms with Crippen molar-refractivity contribution >= 4 is 34.0 Å². The van der Waals surface area contributed by atoms with Crippen LogP contribution in [0.2, 0.25) is 0 Å². The van der Waals surface area contributed by atoms with Crippen molar-refractivity contribution in [3.8, 4) is 29.0 Å². The van der Waals surface area contributed by atoms with E-state index < -0.39 is 0 Å². The van der Waals surface area contributed by atoms with Gasteiger partial charge in [-0.1, -0.05) is 24.3 Å². The van der Waals surface area contributed by atoms with Crippen LogP contribution in [0, 0.1) is 11.3 Å². The number of fused-ring (bicyclic) bond motifs is 1. The maximum Gasteiger partial charge on any atom is 0.161 e. The van der Waals surface area contributed by atoms with Crippen molar-refractivity contribution in [1.82, 2.24) is 4.98 Å². The summed E-state index contributed by atoms with van der Waals surface area (Å²) in [5, 5.41) is 13.2. The third-order valence-electron chi connectivity index (χ3n) is 4.25. The largest absolute Gasteiger partial charge is 0.493 e. The van der Waals surface area contributed by atoms with Crippen LogP contribution in [0.1, 0.15) is 10.6 Å². The number of nitrogens with zero attached hydrogens (tertiary/aromatic N) is 2. The predicted octanol–water partition coefficient (Wildman–Crippen LogP) is 5.64. The quantitative estimate of drug-likeness (QED) is 0.414. The van der Waals surface area contributed by atoms with Crippen molar-refractivity contribution in [3.63, 3.8) is 0 Å². The summed E-state index contributed by atoms with van der Waals surface area (Å²) < 4.78 is 16.4. The zero-order valence-corrected chi connectivity index (χ0v) is 16.1. The Labute approximate surface area is 166 Å². The second-order valence-corrected chi connectivity index (χ2v) is 6.83. The van der Waals surface area contributed by atoms with Gasteiger partial charge in [0.2, 0.25) is 0 Å². The predicted molar refractivity (Wildman–Crippen MR) is 110 cm³/mol. The number of aromatic nitrogens is 1. The van der Waals surface area contributed by atoms with Crippen LogP contribution in [0.3, 0.4) is 0 Å². The fourth-order valence-electron chi connectivity index (χ4n) is 2.87. The molecule has 0 aliphatic heterocycles. The van der Waals surface area contributed by atoms with E-state index in [0.29, 0.717) is 33.5 Å². The highest BCUT2D eigenvalue weighted by molar-refractivity contribution is 7.11. The highest BCUT2D eigenvalue weighted by Gasteiger charge is 2.13. The Morgan fingerprint density at radius 2 is 1.93 bits per heavy atom. The number of benzene rings is 2. The summed E-state index contributed by atoms with van der Waals surface area (Å²) in [6.07, 6.45) is 1.78. The zero-order valence-electron chi connectivity index (χ0n) is 15.3. The van der Waals surface area contributed by atoms with Gasteiger partial charge in [0.25, 0.3) is 0 Å². The van der Waals surface area contributed by atoms with Crippen LogP contribution in [-0.4, -0.2) is 19.2 Å². The summed E-state index contributed by atoms with van der Waals surface area (Å²) in [6.45, 7) is 0. The fraction of sp³-hybridized carbons (Fsp3) is 0.0909. The van der Waals surface area contributed by atoms with Gasteiger partial charge in [-0.3, -0.25) is 0 Å². The monoisotopic (exact) mass is 388 g/mol. The number of nitriles is 1. The maximum absolute atomic E-state index is 9.63. The van der Waals surface area contributed by atoms with Crippen molar-refractivity contribution in [3.05, 3.63) is 64.5 Å². The first-order valence-electron chi connectivity index (χ1n) is 8.50. The Balaban J connectivity index is 1.68. The average Bonchev–Trinajstić information content (AvgIpc) is 3.38. The molecule has 0 aliphatic carbocycles. The number of para-hydroxylation sites is 1. The van der Waals surface area contributed by atoms with E-state index in [-0.39, 0.29) is 0 Å². The molecule has 2 heterocycles. The number of rotatable bonds is 5. The summed E-state index contributed by atoms with van der Waals surface area (Å²) in [4.78, 5) is 4.60. The van der Waals surface area contributed by atoms with Crippen LogP contribution in [0.15, 0.2) is 58.3 Å². The lowest BCUT2D eigenvalue weighted by molar-refractivity contribution is 0.355. The molecule has 0 saturated carbocycles. The van der Waals surface area contributed by atoms with Crippen LogP contribution in [0.4, 0.5) is 0 Å². The van der Waals surface area contributed by atoms with Gasteiger partial charge in [0.1, 0.15) is 22.4 Å². The van der Waals surface area contributed by atoms with E-state index in [9.17, 15) is 5.26 Å². The smallest absolute Gasteiger partial charge is 0.161 e. The summed E-state index contributed by atoms with van der Waals surface area (Å²) in [7, 11) is 3.17. The second-order valence-electron chi connectivity index (χ2n) is 5.97. The third-order valence-corrected chi connectivity index (χ3v) is 5.13. The molecular formula is C22H16N2O3S. The number of hydrogen-bond donors (Lipinski definition) is 0. The molecule has 0 atom stereocenters. The number of ether oxygens (including phenoxy) is 2. The Bertz CT molecular complexity index is 1180. The molecule has 0 radical (unpaired) electrons. The molecule has 0 amide bonds. The number of allylic oxidation sites excluding steroid dienone is 1. The van der Waals surface area contributed by atoms with E-state index in [4.69, 9.17) is 13.9 Å². The van der Waals surface area contributed by atoms with Gasteiger partial charge in [-0.2, -0.15) is 5.26 Å². The van der Waals surface area contributed by atoms with Crippen molar-refractivity contribution < 1.29 is 13.9 Å². The first-order chi connectivity index (χ1) is 13.7. The fourth-order valence-corrected chi connectivity index (χ4v) is 3.64. The van der Waals surface area contributed by atoms with E-state index in [1.807, 2.05) is 47.8 Å². The van der Waals surface area contributed by atoms with E-state index in [0.717, 1.165) is 16.5 Å².